The van der Waals surface area contributed by atoms with Gasteiger partial charge in [0.1, 0.15) is 78.0 Å². The quantitative estimate of drug-likeness (QED) is 0.0188. The van der Waals surface area contributed by atoms with Crippen molar-refractivity contribution in [1.82, 2.24) is 57.7 Å². The summed E-state index contributed by atoms with van der Waals surface area (Å²) in [6.07, 6.45) is -5.88. The number of carbonyl (C=O) groups is 15. The zero-order valence-electron chi connectivity index (χ0n) is 60.2. The van der Waals surface area contributed by atoms with E-state index in [1.807, 2.05) is 20.8 Å². The number of nitrogens with zero attached hydrogens (tertiary/aromatic N) is 2. The predicted molar refractivity (Wildman–Crippen MR) is 363 cm³/mol. The van der Waals surface area contributed by atoms with Crippen LogP contribution in [0.25, 0.3) is 0 Å². The SMILES string of the molecule is C/C=C(\NC(=O)[C@@H](NC(=O)[C@H](NC(=O)C[C@H](O)/C=C\[C@@H](C)CC(C)C)[C@H](O)C(N)=O)[C@@H](C)O)C(=O)N[C@H](C(=O)N[C@H]1C(=O)N[C@H](COC)C(=O)NCC(=O)N[C@@H](CC(C)C)C(=O)N(C)[C@@H](CCC(N)=O)C(=O)N[C@H]([C@H](OC)c2ccc(O)cc2)C(=O)N(C)[C@@H](C)C(=O)O[C@@H]1C)[C@@H](C)[C@@H](C)C(N)=O. The second-order valence-electron chi connectivity index (χ2n) is 26.0. The molecule has 570 valence electrons. The number of hydrogen-bond acceptors (Lipinski definition) is 22. The van der Waals surface area contributed by atoms with Crippen molar-refractivity contribution in [3.05, 3.63) is 53.8 Å². The molecule has 0 aliphatic carbocycles. The Bertz CT molecular complexity index is 3200. The fourth-order valence-electron chi connectivity index (χ4n) is 10.6. The lowest BCUT2D eigenvalue weighted by atomic mass is 9.87. The van der Waals surface area contributed by atoms with Crippen LogP contribution < -0.4 is 65.1 Å². The number of aliphatic hydroxyl groups is 3. The molecular formula is C66H104N14O22. The number of aliphatic hydroxyl groups excluding tert-OH is 3. The summed E-state index contributed by atoms with van der Waals surface area (Å²) < 4.78 is 16.8. The Morgan fingerprint density at radius 3 is 1.86 bits per heavy atom. The van der Waals surface area contributed by atoms with Gasteiger partial charge in [0, 0.05) is 40.7 Å². The Hall–Kier alpha value is -9.65. The third-order valence-corrected chi connectivity index (χ3v) is 16.8. The van der Waals surface area contributed by atoms with Crippen molar-refractivity contribution >= 4 is 88.7 Å². The van der Waals surface area contributed by atoms with E-state index in [0.29, 0.717) is 5.92 Å². The van der Waals surface area contributed by atoms with E-state index in [9.17, 15) is 87.5 Å². The number of ether oxygens (including phenoxy) is 3. The maximum atomic E-state index is 15.0. The Morgan fingerprint density at radius 1 is 0.716 bits per heavy atom. The smallest absolute Gasteiger partial charge is 0.328 e. The first-order valence-electron chi connectivity index (χ1n) is 33.0. The molecule has 14 amide bonds. The van der Waals surface area contributed by atoms with Gasteiger partial charge in [-0.25, -0.2) is 4.79 Å². The minimum atomic E-state index is -2.44. The number of cyclic esters (lactones) is 1. The summed E-state index contributed by atoms with van der Waals surface area (Å²) in [6, 6.07) is -11.5. The highest BCUT2D eigenvalue weighted by atomic mass is 16.5. The van der Waals surface area contributed by atoms with Gasteiger partial charge >= 0.3 is 5.97 Å². The lowest BCUT2D eigenvalue weighted by molar-refractivity contribution is -0.161. The lowest BCUT2D eigenvalue weighted by Crippen LogP contribution is -2.63. The van der Waals surface area contributed by atoms with Crippen molar-refractivity contribution < 1.29 is 107 Å². The van der Waals surface area contributed by atoms with Gasteiger partial charge < -0.3 is 109 Å². The molecule has 2 rings (SSSR count). The average molecular weight is 1450 g/mol. The Kier molecular flexibility index (Phi) is 36.4. The number of allylic oxidation sites excluding steroid dienone is 2. The summed E-state index contributed by atoms with van der Waals surface area (Å²) in [7, 11) is 4.63. The molecule has 19 N–H and O–H groups in total. The molecule has 36 heteroatoms. The molecule has 1 aliphatic rings. The van der Waals surface area contributed by atoms with Crippen LogP contribution in [0.15, 0.2) is 48.2 Å². The van der Waals surface area contributed by atoms with E-state index in [0.717, 1.165) is 50.3 Å². The highest BCUT2D eigenvalue weighted by Gasteiger charge is 2.44. The molecule has 1 aromatic carbocycles. The second-order valence-corrected chi connectivity index (χ2v) is 26.0. The molecule has 1 aliphatic heterocycles. The molecule has 1 fully saturated rings. The number of benzene rings is 1. The van der Waals surface area contributed by atoms with Gasteiger partial charge in [-0.15, -0.1) is 0 Å². The normalized spacial score (nSPS) is 22.6. The van der Waals surface area contributed by atoms with Crippen LogP contribution in [0, 0.1) is 29.6 Å². The molecule has 0 radical (unpaired) electrons. The number of carbonyl (C=O) groups excluding carboxylic acids is 15. The summed E-state index contributed by atoms with van der Waals surface area (Å²) >= 11 is 0. The standard InChI is InChI=1S/C66H104N14O22/c1-16-41(72-61(94)49(36(10)81)76-63(96)51(53(87)56(69)89)74-46(85)27-40(83)20-17-32(6)25-30(2)3)58(91)75-48(33(7)34(8)55(68)88)60(93)77-50-37(11)102-66(99)35(9)79(12)65(98)52(54(101-15)38-18-21-39(82)22-19-38)78-59(92)44(23-24-45(67)84)80(13)64(97)42(26-31(4)5)71-47(86)28-70-57(90)43(29-100-14)73-62(50)95/h16-22,30-37,40,42-44,48-54,81-83,87H,23-29H2,1-15H3,(H2,67,84)(H2,68,88)(H2,69,89)(H,70,90)(H,71,86)(H,72,94)(H,73,95)(H,74,85)(H,75,91)(H,76,96)(H,77,93)(H,78,92)/b20-17-,41-16-/t32-,33+,34-,35+,36-,37-,40-,42+,43-,44+,48+,49+,50-,51-,52-,53+,54-/m1/s1. The number of likely N-dealkylation sites (N-methyl/N-ethyl adjacent to an activating group) is 2. The Labute approximate surface area is 591 Å². The van der Waals surface area contributed by atoms with Crippen molar-refractivity contribution in [1.29, 1.82) is 0 Å². The number of methoxy groups -OCH3 is 2. The van der Waals surface area contributed by atoms with E-state index in [1.165, 1.54) is 72.2 Å². The monoisotopic (exact) mass is 1440 g/mol. The van der Waals surface area contributed by atoms with Crippen molar-refractivity contribution in [2.75, 3.05) is 41.5 Å². The minimum Gasteiger partial charge on any atom is -0.508 e. The molecule has 0 bridgehead atoms. The maximum Gasteiger partial charge on any atom is 0.328 e. The van der Waals surface area contributed by atoms with Crippen molar-refractivity contribution in [2.45, 2.75) is 193 Å². The first-order valence-corrected chi connectivity index (χ1v) is 33.0. The number of phenols is 1. The van der Waals surface area contributed by atoms with E-state index in [2.05, 4.69) is 47.9 Å². The number of nitrogens with one attached hydrogen (secondary N) is 9. The molecule has 0 aromatic heterocycles. The number of hydrogen-bond donors (Lipinski definition) is 16. The molecule has 102 heavy (non-hydrogen) atoms. The molecule has 0 spiro atoms. The van der Waals surface area contributed by atoms with E-state index in [-0.39, 0.29) is 29.6 Å². The largest absolute Gasteiger partial charge is 0.508 e. The van der Waals surface area contributed by atoms with E-state index in [4.69, 9.17) is 31.4 Å². The van der Waals surface area contributed by atoms with E-state index >= 15 is 4.79 Å². The van der Waals surface area contributed by atoms with Crippen LogP contribution in [-0.2, 0) is 86.1 Å². The van der Waals surface area contributed by atoms with Gasteiger partial charge in [0.05, 0.1) is 31.8 Å². The van der Waals surface area contributed by atoms with Crippen LogP contribution in [0.3, 0.4) is 0 Å². The number of esters is 1. The summed E-state index contributed by atoms with van der Waals surface area (Å²) in [5.41, 5.74) is 16.0. The number of primary amides is 3. The van der Waals surface area contributed by atoms with Crippen LogP contribution in [0.5, 0.6) is 5.75 Å². The number of phenolic OH excluding ortho intramolecular Hbond substituents is 1. The molecule has 0 saturated carbocycles. The molecule has 1 aromatic rings. The third-order valence-electron chi connectivity index (χ3n) is 16.8. The first-order chi connectivity index (χ1) is 47.5. The van der Waals surface area contributed by atoms with Gasteiger partial charge in [-0.3, -0.25) is 67.1 Å². The number of rotatable bonds is 31. The molecule has 17 atom stereocenters. The number of amides is 14. The van der Waals surface area contributed by atoms with Crippen LogP contribution in [0.2, 0.25) is 0 Å². The fourth-order valence-corrected chi connectivity index (χ4v) is 10.6. The predicted octanol–water partition coefficient (Wildman–Crippen LogP) is -4.84. The Balaban J connectivity index is 2.83. The van der Waals surface area contributed by atoms with E-state index in [1.54, 1.807) is 19.9 Å². The summed E-state index contributed by atoms with van der Waals surface area (Å²) in [5.74, 6) is -20.5. The second kappa shape index (κ2) is 41.9. The highest BCUT2D eigenvalue weighted by molar-refractivity contribution is 6.03. The Morgan fingerprint density at radius 2 is 1.33 bits per heavy atom. The fraction of sp³-hybridized carbons (Fsp3) is 0.621. The molecule has 0 unspecified atom stereocenters. The van der Waals surface area contributed by atoms with Gasteiger partial charge in [-0.2, -0.15) is 0 Å². The van der Waals surface area contributed by atoms with Crippen LogP contribution in [0.4, 0.5) is 0 Å². The van der Waals surface area contributed by atoms with Crippen LogP contribution in [-0.4, -0.2) is 239 Å². The molecule has 1 heterocycles. The van der Waals surface area contributed by atoms with Gasteiger partial charge in [-0.1, -0.05) is 78.8 Å². The van der Waals surface area contributed by atoms with E-state index < -0.39 is 224 Å². The van der Waals surface area contributed by atoms with Crippen molar-refractivity contribution in [2.24, 2.45) is 46.8 Å². The summed E-state index contributed by atoms with van der Waals surface area (Å²) in [5, 5.41) is 63.1. The molecule has 36 nitrogen and oxygen atoms in total. The molecular weight excluding hydrogens is 1340 g/mol. The van der Waals surface area contributed by atoms with Crippen LogP contribution in [0.1, 0.15) is 120 Å². The van der Waals surface area contributed by atoms with Crippen molar-refractivity contribution in [3.63, 3.8) is 0 Å². The zero-order chi connectivity index (χ0) is 77.9. The maximum absolute atomic E-state index is 15.0. The van der Waals surface area contributed by atoms with Gasteiger partial charge in [0.25, 0.3) is 5.91 Å². The average Bonchev–Trinajstić information content (AvgIpc) is 0.812. The van der Waals surface area contributed by atoms with Crippen molar-refractivity contribution in [3.8, 4) is 5.75 Å². The highest BCUT2D eigenvalue weighted by Crippen LogP contribution is 2.27. The van der Waals surface area contributed by atoms with Gasteiger partial charge in [0.15, 0.2) is 6.10 Å². The van der Waals surface area contributed by atoms with Gasteiger partial charge in [-0.05, 0) is 88.3 Å². The van der Waals surface area contributed by atoms with Gasteiger partial charge in [0.2, 0.25) is 76.8 Å². The topological polar surface area (TPSA) is 557 Å². The lowest BCUT2D eigenvalue weighted by Gasteiger charge is -2.36. The van der Waals surface area contributed by atoms with Crippen LogP contribution >= 0.6 is 0 Å². The third kappa shape index (κ3) is 27.4. The first kappa shape index (κ1) is 88.4. The summed E-state index contributed by atoms with van der Waals surface area (Å²) in [4.78, 5) is 210. The number of nitrogens with two attached hydrogens (primary N) is 3. The zero-order valence-corrected chi connectivity index (χ0v) is 60.2. The minimum absolute atomic E-state index is 0.0100. The number of aromatic hydroxyl groups is 1. The summed E-state index contributed by atoms with van der Waals surface area (Å²) in [6.45, 7) is 14.8. The molecule has 1 saturated heterocycles.